The lowest BCUT2D eigenvalue weighted by Gasteiger charge is -2.45. The largest absolute Gasteiger partial charge is 0.478 e. The number of aromatic nitrogens is 1. The molecule has 2 heterocycles. The van der Waals surface area contributed by atoms with Gasteiger partial charge in [-0.25, -0.2) is 9.59 Å². The quantitative estimate of drug-likeness (QED) is 0.407. The van der Waals surface area contributed by atoms with Gasteiger partial charge in [-0.1, -0.05) is 12.1 Å². The molecule has 1 fully saturated rings. The zero-order valence-electron chi connectivity index (χ0n) is 21.4. The normalized spacial score (nSPS) is 23.0. The maximum absolute atomic E-state index is 12.8. The number of piperidine rings is 1. The number of aliphatic carboxylic acids is 2. The average molecular weight is 501 g/mol. The number of carboxylic acid groups (broad SMARTS) is 2. The van der Waals surface area contributed by atoms with Gasteiger partial charge in [0.15, 0.2) is 0 Å². The molecule has 36 heavy (non-hydrogen) atoms. The fourth-order valence-electron chi connectivity index (χ4n) is 5.19. The number of nitrogens with zero attached hydrogens (tertiary/aromatic N) is 2. The van der Waals surface area contributed by atoms with Crippen LogP contribution in [0.4, 0.5) is 0 Å². The summed E-state index contributed by atoms with van der Waals surface area (Å²) in [6.45, 7) is 8.57. The van der Waals surface area contributed by atoms with Crippen molar-refractivity contribution < 1.29 is 34.4 Å². The Morgan fingerprint density at radius 1 is 1.08 bits per heavy atom. The van der Waals surface area contributed by atoms with Crippen molar-refractivity contribution in [2.24, 2.45) is 5.92 Å². The molecule has 0 saturated carbocycles. The second-order valence-electron chi connectivity index (χ2n) is 10.0. The van der Waals surface area contributed by atoms with Crippen molar-refractivity contribution in [3.8, 4) is 0 Å². The summed E-state index contributed by atoms with van der Waals surface area (Å²) in [5.41, 5.74) is 4.10. The van der Waals surface area contributed by atoms with Gasteiger partial charge in [-0.3, -0.25) is 4.79 Å². The molecule has 1 aliphatic carbocycles. The number of ether oxygens (including phenoxy) is 1. The van der Waals surface area contributed by atoms with Gasteiger partial charge in [0, 0.05) is 53.8 Å². The number of esters is 1. The summed E-state index contributed by atoms with van der Waals surface area (Å²) in [4.78, 5) is 34.2. The van der Waals surface area contributed by atoms with Crippen molar-refractivity contribution in [1.82, 2.24) is 9.47 Å². The van der Waals surface area contributed by atoms with Gasteiger partial charge in [-0.05, 0) is 64.8 Å². The van der Waals surface area contributed by atoms with E-state index >= 15 is 0 Å². The average Bonchev–Trinajstić information content (AvgIpc) is 3.18. The SMILES string of the molecule is CC(O)C(C)OC(=O)[C@@H]1CC2c3cccc4c3c(cn4C(C)C)CC2N(C)C1.O=C(O)/C=C\C(=O)O. The van der Waals surface area contributed by atoms with Gasteiger partial charge in [0.25, 0.3) is 0 Å². The standard InChI is InChI=1S/C23H32N2O3.C4H4O4/c1-13(2)25-12-16-10-21-19(18-7-6-8-20(25)22(16)18)9-17(11-24(21)5)23(27)28-15(4)14(3)26;5-3(6)1-2-4(7)8/h6-8,12-15,17,19,21,26H,9-11H2,1-5H3;1-2H,(H,5,6)(H,7,8)/b;2-1-/t14?,15?,17-,19?,21?;/m1./s1. The second-order valence-corrected chi connectivity index (χ2v) is 10.0. The lowest BCUT2D eigenvalue weighted by molar-refractivity contribution is -0.160. The minimum atomic E-state index is -1.26. The number of aliphatic hydroxyl groups excluding tert-OH is 1. The minimum Gasteiger partial charge on any atom is -0.478 e. The van der Waals surface area contributed by atoms with E-state index in [-0.39, 0.29) is 11.9 Å². The maximum atomic E-state index is 12.8. The van der Waals surface area contributed by atoms with Gasteiger partial charge in [-0.2, -0.15) is 0 Å². The van der Waals surface area contributed by atoms with E-state index in [0.717, 1.165) is 12.8 Å². The minimum absolute atomic E-state index is 0.156. The molecule has 9 heteroatoms. The Hall–Kier alpha value is -3.17. The van der Waals surface area contributed by atoms with E-state index in [4.69, 9.17) is 14.9 Å². The van der Waals surface area contributed by atoms with Gasteiger partial charge in [0.1, 0.15) is 6.10 Å². The van der Waals surface area contributed by atoms with Crippen LogP contribution in [0, 0.1) is 5.92 Å². The fraction of sp³-hybridized carbons (Fsp3) is 0.519. The van der Waals surface area contributed by atoms with E-state index in [9.17, 15) is 19.5 Å². The summed E-state index contributed by atoms with van der Waals surface area (Å²) in [6, 6.07) is 7.45. The van der Waals surface area contributed by atoms with Crippen LogP contribution < -0.4 is 0 Å². The van der Waals surface area contributed by atoms with Crippen molar-refractivity contribution in [3.05, 3.63) is 47.7 Å². The Morgan fingerprint density at radius 2 is 1.72 bits per heavy atom. The van der Waals surface area contributed by atoms with E-state index in [1.807, 2.05) is 0 Å². The van der Waals surface area contributed by atoms with Gasteiger partial charge in [0.05, 0.1) is 12.0 Å². The first-order chi connectivity index (χ1) is 16.9. The lowest BCUT2D eigenvalue weighted by atomic mass is 9.72. The third-order valence-corrected chi connectivity index (χ3v) is 7.11. The molecule has 196 valence electrons. The monoisotopic (exact) mass is 500 g/mol. The van der Waals surface area contributed by atoms with Crippen LogP contribution in [0.25, 0.3) is 10.9 Å². The highest BCUT2D eigenvalue weighted by Gasteiger charge is 2.42. The van der Waals surface area contributed by atoms with Crippen LogP contribution in [0.15, 0.2) is 36.5 Å². The first kappa shape index (κ1) is 27.4. The highest BCUT2D eigenvalue weighted by Crippen LogP contribution is 2.45. The maximum Gasteiger partial charge on any atom is 0.328 e. The molecule has 3 N–H and O–H groups in total. The molecule has 4 unspecified atom stereocenters. The van der Waals surface area contributed by atoms with E-state index in [1.165, 1.54) is 22.0 Å². The third kappa shape index (κ3) is 5.96. The van der Waals surface area contributed by atoms with E-state index in [0.29, 0.717) is 36.7 Å². The van der Waals surface area contributed by atoms with Crippen molar-refractivity contribution >= 4 is 28.8 Å². The number of benzene rings is 1. The third-order valence-electron chi connectivity index (χ3n) is 7.11. The molecule has 2 aliphatic rings. The topological polar surface area (TPSA) is 129 Å². The molecule has 0 radical (unpaired) electrons. The summed E-state index contributed by atoms with van der Waals surface area (Å²) in [6.07, 6.45) is 4.15. The molecule has 9 nitrogen and oxygen atoms in total. The predicted octanol–water partition coefficient (Wildman–Crippen LogP) is 3.21. The number of hydrogen-bond donors (Lipinski definition) is 3. The molecular weight excluding hydrogens is 464 g/mol. The Morgan fingerprint density at radius 3 is 2.28 bits per heavy atom. The molecule has 4 rings (SSSR count). The Bertz CT molecular complexity index is 1130. The van der Waals surface area contributed by atoms with E-state index in [2.05, 4.69) is 54.8 Å². The van der Waals surface area contributed by atoms with Crippen LogP contribution in [0.3, 0.4) is 0 Å². The fourth-order valence-corrected chi connectivity index (χ4v) is 5.19. The van der Waals surface area contributed by atoms with Crippen LogP contribution in [-0.2, 0) is 25.5 Å². The predicted molar refractivity (Wildman–Crippen MR) is 135 cm³/mol. The zero-order chi connectivity index (χ0) is 26.7. The number of carbonyl (C=O) groups excluding carboxylic acids is 1. The molecule has 1 saturated heterocycles. The van der Waals surface area contributed by atoms with Crippen LogP contribution >= 0.6 is 0 Å². The molecule has 0 bridgehead atoms. The number of likely N-dealkylation sites (tertiary alicyclic amines) is 1. The Kier molecular flexibility index (Phi) is 8.58. The number of carboxylic acids is 2. The number of hydrogen-bond acceptors (Lipinski definition) is 6. The summed E-state index contributed by atoms with van der Waals surface area (Å²) in [5.74, 6) is -2.52. The number of fused-ring (bicyclic) bond motifs is 2. The van der Waals surface area contributed by atoms with Crippen LogP contribution in [0.2, 0.25) is 0 Å². The number of rotatable bonds is 6. The second kappa shape index (κ2) is 11.3. The van der Waals surface area contributed by atoms with Crippen LogP contribution in [0.1, 0.15) is 57.2 Å². The van der Waals surface area contributed by atoms with E-state index in [1.54, 1.807) is 13.8 Å². The highest BCUT2D eigenvalue weighted by atomic mass is 16.6. The number of carbonyl (C=O) groups is 3. The first-order valence-electron chi connectivity index (χ1n) is 12.3. The summed E-state index contributed by atoms with van der Waals surface area (Å²) in [5, 5.41) is 26.7. The first-order valence-corrected chi connectivity index (χ1v) is 12.3. The van der Waals surface area contributed by atoms with Crippen LogP contribution in [0.5, 0.6) is 0 Å². The molecule has 5 atom stereocenters. The van der Waals surface area contributed by atoms with Gasteiger partial charge < -0.3 is 29.5 Å². The Balaban J connectivity index is 0.000000392. The van der Waals surface area contributed by atoms with Crippen molar-refractivity contribution in [3.63, 3.8) is 0 Å². The van der Waals surface area contributed by atoms with Gasteiger partial charge in [-0.15, -0.1) is 0 Å². The number of aliphatic hydroxyl groups is 1. The molecule has 0 spiro atoms. The Labute approximate surface area is 211 Å². The van der Waals surface area contributed by atoms with E-state index < -0.39 is 24.1 Å². The van der Waals surface area contributed by atoms with Crippen molar-refractivity contribution in [1.29, 1.82) is 0 Å². The van der Waals surface area contributed by atoms with Gasteiger partial charge >= 0.3 is 17.9 Å². The number of likely N-dealkylation sites (N-methyl/N-ethyl adjacent to an activating group) is 1. The molecule has 1 aliphatic heterocycles. The summed E-state index contributed by atoms with van der Waals surface area (Å²) >= 11 is 0. The van der Waals surface area contributed by atoms with Gasteiger partial charge in [0.2, 0.25) is 0 Å². The van der Waals surface area contributed by atoms with Crippen molar-refractivity contribution in [2.45, 2.75) is 70.7 Å². The molecule has 1 aromatic heterocycles. The zero-order valence-corrected chi connectivity index (χ0v) is 21.4. The highest BCUT2D eigenvalue weighted by molar-refractivity contribution is 5.90. The smallest absolute Gasteiger partial charge is 0.328 e. The van der Waals surface area contributed by atoms with Crippen molar-refractivity contribution in [2.75, 3.05) is 13.6 Å². The summed E-state index contributed by atoms with van der Waals surface area (Å²) < 4.78 is 7.91. The van der Waals surface area contributed by atoms with Crippen LogP contribution in [-0.4, -0.2) is 74.5 Å². The summed E-state index contributed by atoms with van der Waals surface area (Å²) in [7, 11) is 2.12. The molecule has 2 aromatic rings. The molecule has 0 amide bonds. The lowest BCUT2D eigenvalue weighted by Crippen LogP contribution is -2.50. The molecule has 1 aromatic carbocycles. The molecular formula is C27H36N2O7.